The molecule has 0 fully saturated rings. The van der Waals surface area contributed by atoms with E-state index in [1.807, 2.05) is 6.92 Å². The van der Waals surface area contributed by atoms with Crippen molar-refractivity contribution in [2.75, 3.05) is 7.11 Å². The van der Waals surface area contributed by atoms with Crippen molar-refractivity contribution in [3.05, 3.63) is 11.8 Å². The van der Waals surface area contributed by atoms with E-state index >= 15 is 0 Å². The van der Waals surface area contributed by atoms with Gasteiger partial charge in [0.25, 0.3) is 0 Å². The minimum atomic E-state index is 0. The maximum Gasteiger partial charge on any atom is 0.220 e. The Labute approximate surface area is 84.5 Å². The van der Waals surface area contributed by atoms with Crippen LogP contribution in [0.3, 0.4) is 0 Å². The van der Waals surface area contributed by atoms with Crippen LogP contribution in [0.2, 0.25) is 0 Å². The van der Waals surface area contributed by atoms with Gasteiger partial charge in [-0.05, 0) is 0 Å². The molecule has 1 heterocycles. The van der Waals surface area contributed by atoms with Crippen molar-refractivity contribution in [1.82, 2.24) is 15.1 Å². The first-order chi connectivity index (χ1) is 6.67. The van der Waals surface area contributed by atoms with Gasteiger partial charge in [0.05, 0.1) is 19.3 Å². The fourth-order valence-electron chi connectivity index (χ4n) is 1.10. The molecular weight excluding hydrogens is 182 g/mol. The summed E-state index contributed by atoms with van der Waals surface area (Å²) >= 11 is 0. The summed E-state index contributed by atoms with van der Waals surface area (Å²) in [6.45, 7) is 2.26. The van der Waals surface area contributed by atoms with E-state index in [2.05, 4.69) is 10.4 Å². The lowest BCUT2D eigenvalue weighted by Crippen LogP contribution is -2.21. The lowest BCUT2D eigenvalue weighted by Gasteiger charge is -1.98. The maximum atomic E-state index is 11.0. The SMILES string of the molecule is CCC(=O)NCc1cc(OC)n(C)n1.[HH]. The van der Waals surface area contributed by atoms with Gasteiger partial charge in [-0.2, -0.15) is 5.10 Å². The molecule has 0 saturated carbocycles. The molecule has 0 aliphatic heterocycles. The van der Waals surface area contributed by atoms with Crippen LogP contribution in [0.25, 0.3) is 0 Å². The molecule has 1 aromatic rings. The maximum absolute atomic E-state index is 11.0. The molecule has 5 nitrogen and oxygen atoms in total. The molecule has 0 unspecified atom stereocenters. The predicted molar refractivity (Wildman–Crippen MR) is 54.0 cm³/mol. The van der Waals surface area contributed by atoms with Crippen molar-refractivity contribution in [2.45, 2.75) is 19.9 Å². The first kappa shape index (κ1) is 10.6. The van der Waals surface area contributed by atoms with Crippen molar-refractivity contribution in [2.24, 2.45) is 7.05 Å². The quantitative estimate of drug-likeness (QED) is 0.776. The van der Waals surface area contributed by atoms with E-state index < -0.39 is 0 Å². The molecule has 0 aliphatic rings. The molecular formula is C9H17N3O2. The number of rotatable bonds is 4. The Morgan fingerprint density at radius 2 is 2.50 bits per heavy atom. The van der Waals surface area contributed by atoms with E-state index in [9.17, 15) is 4.79 Å². The van der Waals surface area contributed by atoms with Crippen LogP contribution in [0.15, 0.2) is 6.07 Å². The third kappa shape index (κ3) is 2.48. The van der Waals surface area contributed by atoms with Crippen LogP contribution in [0.4, 0.5) is 0 Å². The Kier molecular flexibility index (Phi) is 3.50. The van der Waals surface area contributed by atoms with Crippen LogP contribution in [0.5, 0.6) is 5.88 Å². The smallest absolute Gasteiger partial charge is 0.220 e. The summed E-state index contributed by atoms with van der Waals surface area (Å²) in [5.74, 6) is 0.709. The van der Waals surface area contributed by atoms with Gasteiger partial charge in [0, 0.05) is 21.0 Å². The van der Waals surface area contributed by atoms with Gasteiger partial charge in [0.1, 0.15) is 0 Å². The van der Waals surface area contributed by atoms with Crippen LogP contribution in [0, 0.1) is 0 Å². The second kappa shape index (κ2) is 4.64. The van der Waals surface area contributed by atoms with Gasteiger partial charge in [-0.25, -0.2) is 4.68 Å². The molecule has 0 spiro atoms. The van der Waals surface area contributed by atoms with Gasteiger partial charge in [-0.3, -0.25) is 4.79 Å². The van der Waals surface area contributed by atoms with Crippen LogP contribution in [-0.2, 0) is 18.4 Å². The number of methoxy groups -OCH3 is 1. The zero-order valence-electron chi connectivity index (χ0n) is 8.70. The van der Waals surface area contributed by atoms with Crippen molar-refractivity contribution in [1.29, 1.82) is 0 Å². The molecule has 5 heteroatoms. The number of nitrogens with zero attached hydrogens (tertiary/aromatic N) is 2. The fraction of sp³-hybridized carbons (Fsp3) is 0.556. The first-order valence-corrected chi connectivity index (χ1v) is 4.51. The van der Waals surface area contributed by atoms with E-state index in [0.29, 0.717) is 18.8 Å². The number of nitrogens with one attached hydrogen (secondary N) is 1. The first-order valence-electron chi connectivity index (χ1n) is 4.51. The Morgan fingerprint density at radius 1 is 1.79 bits per heavy atom. The van der Waals surface area contributed by atoms with Crippen molar-refractivity contribution in [3.8, 4) is 5.88 Å². The molecule has 80 valence electrons. The van der Waals surface area contributed by atoms with E-state index in [1.165, 1.54) is 0 Å². The van der Waals surface area contributed by atoms with Gasteiger partial charge < -0.3 is 10.1 Å². The topological polar surface area (TPSA) is 56.1 Å². The summed E-state index contributed by atoms with van der Waals surface area (Å²) in [6.07, 6.45) is 0.490. The Hall–Kier alpha value is -1.52. The van der Waals surface area contributed by atoms with E-state index in [1.54, 1.807) is 24.9 Å². The molecule has 1 rings (SSSR count). The zero-order chi connectivity index (χ0) is 10.6. The average Bonchev–Trinajstić information content (AvgIpc) is 2.55. The average molecular weight is 199 g/mol. The number of amides is 1. The van der Waals surface area contributed by atoms with E-state index in [0.717, 1.165) is 5.69 Å². The lowest BCUT2D eigenvalue weighted by atomic mass is 10.4. The highest BCUT2D eigenvalue weighted by Gasteiger charge is 2.05. The van der Waals surface area contributed by atoms with Crippen LogP contribution >= 0.6 is 0 Å². The number of aryl methyl sites for hydroxylation is 1. The molecule has 0 radical (unpaired) electrons. The molecule has 0 atom stereocenters. The summed E-state index contributed by atoms with van der Waals surface area (Å²) in [4.78, 5) is 11.0. The van der Waals surface area contributed by atoms with Crippen molar-refractivity contribution < 1.29 is 11.0 Å². The number of carbonyl (C=O) groups excluding carboxylic acids is 1. The van der Waals surface area contributed by atoms with E-state index in [4.69, 9.17) is 4.74 Å². The predicted octanol–water partition coefficient (Wildman–Crippen LogP) is 0.701. The van der Waals surface area contributed by atoms with Gasteiger partial charge in [-0.15, -0.1) is 0 Å². The molecule has 1 amide bonds. The number of ether oxygens (including phenoxy) is 1. The molecule has 1 aromatic heterocycles. The summed E-state index contributed by atoms with van der Waals surface area (Å²) in [6, 6.07) is 1.80. The molecule has 0 saturated heterocycles. The molecule has 0 aliphatic carbocycles. The van der Waals surface area contributed by atoms with E-state index in [-0.39, 0.29) is 7.33 Å². The third-order valence-electron chi connectivity index (χ3n) is 1.88. The highest BCUT2D eigenvalue weighted by Crippen LogP contribution is 2.10. The lowest BCUT2D eigenvalue weighted by molar-refractivity contribution is -0.120. The summed E-state index contributed by atoms with van der Waals surface area (Å²) in [5.41, 5.74) is 0.797. The third-order valence-corrected chi connectivity index (χ3v) is 1.88. The Bertz CT molecular complexity index is 325. The standard InChI is InChI=1S/C9H15N3O2.H2/c1-4-8(13)10-6-7-5-9(14-3)12(2)11-7;/h5H,4,6H2,1-3H3,(H,10,13);1H. The Balaban J connectivity index is 0.00000196. The van der Waals surface area contributed by atoms with Crippen LogP contribution in [0.1, 0.15) is 20.5 Å². The summed E-state index contributed by atoms with van der Waals surface area (Å²) < 4.78 is 6.68. The van der Waals surface area contributed by atoms with Gasteiger partial charge in [0.15, 0.2) is 0 Å². The van der Waals surface area contributed by atoms with Gasteiger partial charge >= 0.3 is 0 Å². The van der Waals surface area contributed by atoms with Gasteiger partial charge in [-0.1, -0.05) is 6.92 Å². The molecule has 0 aromatic carbocycles. The second-order valence-electron chi connectivity index (χ2n) is 2.93. The number of hydrogen-bond acceptors (Lipinski definition) is 3. The normalized spacial score (nSPS) is 9.93. The second-order valence-corrected chi connectivity index (χ2v) is 2.93. The van der Waals surface area contributed by atoms with Crippen molar-refractivity contribution in [3.63, 3.8) is 0 Å². The van der Waals surface area contributed by atoms with Crippen LogP contribution < -0.4 is 10.1 Å². The number of carbonyl (C=O) groups is 1. The fourth-order valence-corrected chi connectivity index (χ4v) is 1.10. The largest absolute Gasteiger partial charge is 0.481 e. The van der Waals surface area contributed by atoms with Crippen LogP contribution in [-0.4, -0.2) is 22.8 Å². The molecule has 14 heavy (non-hydrogen) atoms. The molecule has 1 N–H and O–H groups in total. The highest BCUT2D eigenvalue weighted by molar-refractivity contribution is 5.75. The van der Waals surface area contributed by atoms with Crippen molar-refractivity contribution >= 4 is 5.91 Å². The molecule has 0 bridgehead atoms. The zero-order valence-corrected chi connectivity index (χ0v) is 8.70. The number of hydrogen-bond donors (Lipinski definition) is 1. The number of aromatic nitrogens is 2. The minimum absolute atomic E-state index is 0. The minimum Gasteiger partial charge on any atom is -0.481 e. The monoisotopic (exact) mass is 199 g/mol. The summed E-state index contributed by atoms with van der Waals surface area (Å²) in [7, 11) is 3.38. The van der Waals surface area contributed by atoms with Gasteiger partial charge in [0.2, 0.25) is 11.8 Å². The summed E-state index contributed by atoms with van der Waals surface area (Å²) in [5, 5.41) is 6.91. The Morgan fingerprint density at radius 3 is 3.00 bits per heavy atom. The highest BCUT2D eigenvalue weighted by atomic mass is 16.5.